The summed E-state index contributed by atoms with van der Waals surface area (Å²) in [4.78, 5) is 22.3. The molecule has 0 spiro atoms. The fourth-order valence-electron chi connectivity index (χ4n) is 3.26. The lowest BCUT2D eigenvalue weighted by Crippen LogP contribution is -2.35. The first-order valence-corrected chi connectivity index (χ1v) is 8.37. The molecule has 5 nitrogen and oxygen atoms in total. The number of aromatic amines is 1. The number of aromatic hydroxyl groups is 1. The van der Waals surface area contributed by atoms with E-state index in [1.54, 1.807) is 12.1 Å². The van der Waals surface area contributed by atoms with Crippen LogP contribution in [0.3, 0.4) is 0 Å². The van der Waals surface area contributed by atoms with Gasteiger partial charge in [-0.15, -0.1) is 0 Å². The summed E-state index contributed by atoms with van der Waals surface area (Å²) in [5.41, 5.74) is 3.52. The van der Waals surface area contributed by atoms with Crippen LogP contribution in [0.15, 0.2) is 59.4 Å². The van der Waals surface area contributed by atoms with E-state index in [4.69, 9.17) is 0 Å². The highest BCUT2D eigenvalue weighted by Gasteiger charge is 2.21. The standard InChI is InChI=1S/C20H19N3O2/c24-16-8-4-5-14(11-16)12-23-10-9-18-17(13-23)20(25)22-19(21-18)15-6-2-1-3-7-15/h1-8,11,24H,9-10,12-13H2,(H,21,22,25). The van der Waals surface area contributed by atoms with Gasteiger partial charge in [0.25, 0.3) is 5.56 Å². The van der Waals surface area contributed by atoms with Crippen LogP contribution in [-0.2, 0) is 19.5 Å². The molecule has 0 aliphatic carbocycles. The van der Waals surface area contributed by atoms with Crippen molar-refractivity contribution in [1.29, 1.82) is 0 Å². The van der Waals surface area contributed by atoms with Gasteiger partial charge in [-0.25, -0.2) is 4.98 Å². The molecule has 1 aromatic heterocycles. The van der Waals surface area contributed by atoms with Crippen molar-refractivity contribution in [3.05, 3.63) is 81.8 Å². The summed E-state index contributed by atoms with van der Waals surface area (Å²) in [7, 11) is 0. The molecule has 0 atom stereocenters. The molecule has 0 fully saturated rings. The van der Waals surface area contributed by atoms with Crippen molar-refractivity contribution in [1.82, 2.24) is 14.9 Å². The summed E-state index contributed by atoms with van der Waals surface area (Å²) in [5.74, 6) is 0.896. The van der Waals surface area contributed by atoms with Crippen molar-refractivity contribution in [2.24, 2.45) is 0 Å². The number of phenolic OH excluding ortho intramolecular Hbond substituents is 1. The van der Waals surface area contributed by atoms with Gasteiger partial charge >= 0.3 is 0 Å². The zero-order valence-electron chi connectivity index (χ0n) is 13.8. The molecule has 0 bridgehead atoms. The van der Waals surface area contributed by atoms with Crippen molar-refractivity contribution >= 4 is 0 Å². The highest BCUT2D eigenvalue weighted by Crippen LogP contribution is 2.20. The first-order chi connectivity index (χ1) is 12.2. The van der Waals surface area contributed by atoms with Gasteiger partial charge in [-0.05, 0) is 17.7 Å². The second-order valence-corrected chi connectivity index (χ2v) is 6.34. The highest BCUT2D eigenvalue weighted by atomic mass is 16.3. The van der Waals surface area contributed by atoms with Crippen molar-refractivity contribution in [3.63, 3.8) is 0 Å². The molecular formula is C20H19N3O2. The average Bonchev–Trinajstić information content (AvgIpc) is 2.63. The lowest BCUT2D eigenvalue weighted by atomic mass is 10.1. The molecule has 126 valence electrons. The van der Waals surface area contributed by atoms with Gasteiger partial charge in [-0.1, -0.05) is 42.5 Å². The van der Waals surface area contributed by atoms with Crippen LogP contribution in [0.5, 0.6) is 5.75 Å². The van der Waals surface area contributed by atoms with Crippen LogP contribution in [-0.4, -0.2) is 26.5 Å². The van der Waals surface area contributed by atoms with Gasteiger partial charge in [0.2, 0.25) is 0 Å². The molecule has 1 aliphatic heterocycles. The number of hydrogen-bond donors (Lipinski definition) is 2. The van der Waals surface area contributed by atoms with Crippen molar-refractivity contribution in [3.8, 4) is 17.1 Å². The molecule has 0 unspecified atom stereocenters. The van der Waals surface area contributed by atoms with E-state index in [-0.39, 0.29) is 11.3 Å². The first-order valence-electron chi connectivity index (χ1n) is 8.37. The van der Waals surface area contributed by atoms with Crippen molar-refractivity contribution in [2.75, 3.05) is 6.54 Å². The Balaban J connectivity index is 1.58. The quantitative estimate of drug-likeness (QED) is 0.773. The number of nitrogens with one attached hydrogen (secondary N) is 1. The number of fused-ring (bicyclic) bond motifs is 1. The summed E-state index contributed by atoms with van der Waals surface area (Å²) in [6.45, 7) is 2.11. The van der Waals surface area contributed by atoms with E-state index in [0.29, 0.717) is 18.9 Å². The fourth-order valence-corrected chi connectivity index (χ4v) is 3.26. The SMILES string of the molecule is O=c1[nH]c(-c2ccccc2)nc2c1CN(Cc1cccc(O)c1)CC2. The van der Waals surface area contributed by atoms with Gasteiger partial charge in [-0.3, -0.25) is 9.69 Å². The minimum atomic E-state index is -0.0653. The normalized spacial score (nSPS) is 14.2. The van der Waals surface area contributed by atoms with E-state index in [9.17, 15) is 9.90 Å². The summed E-state index contributed by atoms with van der Waals surface area (Å²) in [5, 5.41) is 9.60. The summed E-state index contributed by atoms with van der Waals surface area (Å²) >= 11 is 0. The Morgan fingerprint density at radius 3 is 2.76 bits per heavy atom. The topological polar surface area (TPSA) is 69.2 Å². The van der Waals surface area contributed by atoms with Crippen LogP contribution in [0.1, 0.15) is 16.8 Å². The maximum atomic E-state index is 12.5. The van der Waals surface area contributed by atoms with Gasteiger partial charge < -0.3 is 10.1 Å². The van der Waals surface area contributed by atoms with Crippen LogP contribution in [0.25, 0.3) is 11.4 Å². The molecule has 25 heavy (non-hydrogen) atoms. The van der Waals surface area contributed by atoms with Crippen LogP contribution < -0.4 is 5.56 Å². The van der Waals surface area contributed by atoms with Crippen LogP contribution in [0, 0.1) is 0 Å². The number of H-pyrrole nitrogens is 1. The Bertz CT molecular complexity index is 951. The molecule has 0 saturated heterocycles. The number of rotatable bonds is 3. The fraction of sp³-hybridized carbons (Fsp3) is 0.200. The lowest BCUT2D eigenvalue weighted by Gasteiger charge is -2.27. The smallest absolute Gasteiger partial charge is 0.255 e. The Kier molecular flexibility index (Phi) is 4.07. The third kappa shape index (κ3) is 3.32. The summed E-state index contributed by atoms with van der Waals surface area (Å²) in [6.07, 6.45) is 0.748. The molecule has 0 radical (unpaired) electrons. The molecule has 0 amide bonds. The third-order valence-electron chi connectivity index (χ3n) is 4.51. The average molecular weight is 333 g/mol. The Hall–Kier alpha value is -2.92. The molecular weight excluding hydrogens is 314 g/mol. The number of benzene rings is 2. The van der Waals surface area contributed by atoms with Crippen LogP contribution >= 0.6 is 0 Å². The molecule has 1 aliphatic rings. The van der Waals surface area contributed by atoms with Crippen LogP contribution in [0.2, 0.25) is 0 Å². The molecule has 2 aromatic carbocycles. The first kappa shape index (κ1) is 15.6. The Morgan fingerprint density at radius 2 is 1.96 bits per heavy atom. The molecule has 2 N–H and O–H groups in total. The number of phenols is 1. The predicted molar refractivity (Wildman–Crippen MR) is 96.2 cm³/mol. The Morgan fingerprint density at radius 1 is 1.12 bits per heavy atom. The largest absolute Gasteiger partial charge is 0.508 e. The zero-order valence-corrected chi connectivity index (χ0v) is 13.8. The van der Waals surface area contributed by atoms with E-state index in [2.05, 4.69) is 14.9 Å². The third-order valence-corrected chi connectivity index (χ3v) is 4.51. The monoisotopic (exact) mass is 333 g/mol. The van der Waals surface area contributed by atoms with E-state index in [1.165, 1.54) is 0 Å². The summed E-state index contributed by atoms with van der Waals surface area (Å²) in [6, 6.07) is 16.9. The summed E-state index contributed by atoms with van der Waals surface area (Å²) < 4.78 is 0. The maximum Gasteiger partial charge on any atom is 0.255 e. The maximum absolute atomic E-state index is 12.5. The second kappa shape index (κ2) is 6.53. The van der Waals surface area contributed by atoms with Gasteiger partial charge in [0.15, 0.2) is 0 Å². The van der Waals surface area contributed by atoms with E-state index < -0.39 is 0 Å². The second-order valence-electron chi connectivity index (χ2n) is 6.34. The molecule has 5 heteroatoms. The Labute approximate surface area is 145 Å². The number of hydrogen-bond acceptors (Lipinski definition) is 4. The van der Waals surface area contributed by atoms with Gasteiger partial charge in [0, 0.05) is 31.6 Å². The van der Waals surface area contributed by atoms with Crippen LogP contribution in [0.4, 0.5) is 0 Å². The predicted octanol–water partition coefficient (Wildman–Crippen LogP) is 2.70. The van der Waals surface area contributed by atoms with Gasteiger partial charge in [0.1, 0.15) is 11.6 Å². The minimum Gasteiger partial charge on any atom is -0.508 e. The van der Waals surface area contributed by atoms with E-state index in [0.717, 1.165) is 35.3 Å². The highest BCUT2D eigenvalue weighted by molar-refractivity contribution is 5.54. The van der Waals surface area contributed by atoms with Gasteiger partial charge in [0.05, 0.1) is 11.3 Å². The number of nitrogens with zero attached hydrogens (tertiary/aromatic N) is 2. The number of aromatic nitrogens is 2. The zero-order chi connectivity index (χ0) is 17.2. The van der Waals surface area contributed by atoms with Crippen molar-refractivity contribution < 1.29 is 5.11 Å². The molecule has 3 aromatic rings. The lowest BCUT2D eigenvalue weighted by molar-refractivity contribution is 0.241. The molecule has 2 heterocycles. The molecule has 0 saturated carbocycles. The van der Waals surface area contributed by atoms with Gasteiger partial charge in [-0.2, -0.15) is 0 Å². The van der Waals surface area contributed by atoms with E-state index >= 15 is 0 Å². The van der Waals surface area contributed by atoms with Crippen molar-refractivity contribution in [2.45, 2.75) is 19.5 Å². The molecule has 4 rings (SSSR count). The van der Waals surface area contributed by atoms with E-state index in [1.807, 2.05) is 42.5 Å². The minimum absolute atomic E-state index is 0.0653.